The summed E-state index contributed by atoms with van der Waals surface area (Å²) in [5.74, 6) is -3.66. The van der Waals surface area contributed by atoms with Gasteiger partial charge in [0, 0.05) is 25.9 Å². The van der Waals surface area contributed by atoms with Crippen molar-refractivity contribution >= 4 is 5.97 Å². The molecule has 2 aliphatic rings. The lowest BCUT2D eigenvalue weighted by molar-refractivity contribution is -0.197. The van der Waals surface area contributed by atoms with Gasteiger partial charge in [-0.15, -0.1) is 0 Å². The highest BCUT2D eigenvalue weighted by Gasteiger charge is 2.45. The van der Waals surface area contributed by atoms with Crippen molar-refractivity contribution in [2.45, 2.75) is 128 Å². The zero-order chi connectivity index (χ0) is 28.8. The summed E-state index contributed by atoms with van der Waals surface area (Å²) in [6, 6.07) is 9.56. The highest BCUT2D eigenvalue weighted by atomic mass is 19.3. The van der Waals surface area contributed by atoms with Gasteiger partial charge in [-0.3, -0.25) is 4.79 Å². The van der Waals surface area contributed by atoms with Crippen molar-refractivity contribution in [3.63, 3.8) is 0 Å². The Labute approximate surface area is 238 Å². The predicted molar refractivity (Wildman–Crippen MR) is 150 cm³/mol. The number of unbranched alkanes of at least 4 members (excludes halogenated alkanes) is 2. The first-order chi connectivity index (χ1) is 19.3. The molecule has 1 heterocycles. The molecule has 1 saturated carbocycles. The summed E-state index contributed by atoms with van der Waals surface area (Å²) < 4.78 is 46.2. The molecule has 8 heteroatoms. The van der Waals surface area contributed by atoms with Crippen LogP contribution in [-0.4, -0.2) is 53.3 Å². The molecule has 0 amide bonds. The van der Waals surface area contributed by atoms with E-state index in [2.05, 4.69) is 0 Å². The fourth-order valence-electron chi connectivity index (χ4n) is 5.74. The van der Waals surface area contributed by atoms with E-state index in [1.54, 1.807) is 0 Å². The molecule has 3 rings (SSSR count). The van der Waals surface area contributed by atoms with Crippen LogP contribution in [0.15, 0.2) is 42.5 Å². The summed E-state index contributed by atoms with van der Waals surface area (Å²) in [5, 5.41) is 21.2. The van der Waals surface area contributed by atoms with E-state index in [9.17, 15) is 23.8 Å². The van der Waals surface area contributed by atoms with E-state index in [1.807, 2.05) is 49.4 Å². The van der Waals surface area contributed by atoms with Crippen molar-refractivity contribution in [3.05, 3.63) is 48.0 Å². The number of alkyl halides is 2. The minimum atomic E-state index is -3.12. The predicted octanol–water partition coefficient (Wildman–Crippen LogP) is 6.72. The van der Waals surface area contributed by atoms with Crippen molar-refractivity contribution in [3.8, 4) is 0 Å². The van der Waals surface area contributed by atoms with E-state index in [4.69, 9.17) is 14.2 Å². The van der Waals surface area contributed by atoms with Crippen LogP contribution in [0.5, 0.6) is 0 Å². The van der Waals surface area contributed by atoms with E-state index >= 15 is 0 Å². The normalized spacial score (nSPS) is 26.3. The van der Waals surface area contributed by atoms with Gasteiger partial charge >= 0.3 is 5.97 Å². The molecule has 2 fully saturated rings. The number of aliphatic hydroxyl groups excluding tert-OH is 2. The maximum absolute atomic E-state index is 14.4. The summed E-state index contributed by atoms with van der Waals surface area (Å²) >= 11 is 0. The number of carbonyl (C=O) groups excluding carboxylic acids is 1. The van der Waals surface area contributed by atoms with Crippen LogP contribution in [0.2, 0.25) is 0 Å². The van der Waals surface area contributed by atoms with Crippen molar-refractivity contribution in [2.75, 3.05) is 6.61 Å². The highest BCUT2D eigenvalue weighted by Crippen LogP contribution is 2.42. The molecule has 2 N–H and O–H groups in total. The quantitative estimate of drug-likeness (QED) is 0.124. The molecule has 226 valence electrons. The zero-order valence-electron chi connectivity index (χ0n) is 23.9. The number of ether oxygens (including phenoxy) is 3. The minimum absolute atomic E-state index is 0.0369. The first-order valence-corrected chi connectivity index (χ1v) is 15.2. The summed E-state index contributed by atoms with van der Waals surface area (Å²) in [6.07, 6.45) is 7.55. The lowest BCUT2D eigenvalue weighted by atomic mass is 9.85. The average molecular weight is 567 g/mol. The van der Waals surface area contributed by atoms with E-state index < -0.39 is 18.1 Å². The monoisotopic (exact) mass is 566 g/mol. The standard InChI is InChI=1S/C32H48F2O6/c1-2-3-20-32(33,34)29(36)19-18-26-25(27(35)22-28(26)40-31-17-11-12-21-38-31)15-9-4-5-10-16-30(37)39-23-24-13-7-6-8-14-24/h4,6-9,13-14,25-29,31,35-36H,2-3,5,10-12,15-23H2,1H3/b9-4+/t25-,26-,27+,28-,29-,31+/m1/s1. The van der Waals surface area contributed by atoms with Gasteiger partial charge in [-0.2, -0.15) is 0 Å². The number of allylic oxidation sites excluding steroid dienone is 2. The SMILES string of the molecule is CCCCC(F)(F)[C@H](O)CC[C@@H]1[C@@H](C/C=C/CCCC(=O)OCc2ccccc2)[C@@H](O)C[C@H]1O[C@H]1CCCCO1. The Morgan fingerprint density at radius 2 is 1.98 bits per heavy atom. The lowest BCUT2D eigenvalue weighted by Crippen LogP contribution is -2.36. The molecule has 1 aliphatic heterocycles. The molecule has 0 radical (unpaired) electrons. The van der Waals surface area contributed by atoms with Crippen molar-refractivity contribution in [1.29, 1.82) is 0 Å². The second-order valence-corrected chi connectivity index (χ2v) is 11.3. The number of benzene rings is 1. The number of carbonyl (C=O) groups is 1. The highest BCUT2D eigenvalue weighted by molar-refractivity contribution is 5.69. The van der Waals surface area contributed by atoms with Gasteiger partial charge in [0.2, 0.25) is 0 Å². The maximum atomic E-state index is 14.4. The van der Waals surface area contributed by atoms with Crippen LogP contribution in [0.1, 0.15) is 96.0 Å². The molecular formula is C32H48F2O6. The van der Waals surface area contributed by atoms with Crippen LogP contribution < -0.4 is 0 Å². The minimum Gasteiger partial charge on any atom is -0.461 e. The Hall–Kier alpha value is -1.87. The fourth-order valence-corrected chi connectivity index (χ4v) is 5.74. The molecule has 1 aromatic carbocycles. The summed E-state index contributed by atoms with van der Waals surface area (Å²) in [6.45, 7) is 2.76. The second-order valence-electron chi connectivity index (χ2n) is 11.3. The Kier molecular flexibility index (Phi) is 14.0. The van der Waals surface area contributed by atoms with Gasteiger partial charge in [-0.25, -0.2) is 8.78 Å². The second kappa shape index (κ2) is 17.2. The first kappa shape index (κ1) is 32.6. The Bertz CT molecular complexity index is 873. The number of rotatable bonds is 17. The molecular weight excluding hydrogens is 518 g/mol. The summed E-state index contributed by atoms with van der Waals surface area (Å²) in [4.78, 5) is 12.0. The van der Waals surface area contributed by atoms with Crippen LogP contribution in [0.25, 0.3) is 0 Å². The number of aliphatic hydroxyl groups is 2. The largest absolute Gasteiger partial charge is 0.461 e. The van der Waals surface area contributed by atoms with E-state index in [-0.39, 0.29) is 49.6 Å². The van der Waals surface area contributed by atoms with Gasteiger partial charge in [-0.1, -0.05) is 55.8 Å². The van der Waals surface area contributed by atoms with Crippen LogP contribution in [-0.2, 0) is 25.6 Å². The number of halogens is 2. The Morgan fingerprint density at radius 1 is 1.18 bits per heavy atom. The molecule has 0 bridgehead atoms. The number of hydrogen-bond donors (Lipinski definition) is 2. The molecule has 6 nitrogen and oxygen atoms in total. The van der Waals surface area contributed by atoms with E-state index in [0.717, 1.165) is 24.8 Å². The van der Waals surface area contributed by atoms with Gasteiger partial charge < -0.3 is 24.4 Å². The van der Waals surface area contributed by atoms with Crippen molar-refractivity contribution in [2.24, 2.45) is 11.8 Å². The molecule has 0 unspecified atom stereocenters. The smallest absolute Gasteiger partial charge is 0.306 e. The van der Waals surface area contributed by atoms with Crippen molar-refractivity contribution < 1.29 is 38.0 Å². The van der Waals surface area contributed by atoms with Gasteiger partial charge in [-0.05, 0) is 75.2 Å². The fraction of sp³-hybridized carbons (Fsp3) is 0.719. The Morgan fingerprint density at radius 3 is 2.70 bits per heavy atom. The number of esters is 1. The number of hydrogen-bond acceptors (Lipinski definition) is 6. The molecule has 1 saturated heterocycles. The van der Waals surface area contributed by atoms with Gasteiger partial charge in [0.25, 0.3) is 5.92 Å². The van der Waals surface area contributed by atoms with Gasteiger partial charge in [0.15, 0.2) is 6.29 Å². The average Bonchev–Trinajstić information content (AvgIpc) is 3.25. The zero-order valence-corrected chi connectivity index (χ0v) is 23.9. The third-order valence-electron chi connectivity index (χ3n) is 8.15. The van der Waals surface area contributed by atoms with Crippen molar-refractivity contribution in [1.82, 2.24) is 0 Å². The van der Waals surface area contributed by atoms with Gasteiger partial charge in [0.1, 0.15) is 12.7 Å². The third kappa shape index (κ3) is 10.8. The molecule has 6 atom stereocenters. The van der Waals surface area contributed by atoms with Crippen LogP contribution in [0, 0.1) is 11.8 Å². The molecule has 0 aromatic heterocycles. The van der Waals surface area contributed by atoms with Crippen LogP contribution in [0.4, 0.5) is 8.78 Å². The maximum Gasteiger partial charge on any atom is 0.306 e. The van der Waals surface area contributed by atoms with Crippen LogP contribution in [0.3, 0.4) is 0 Å². The van der Waals surface area contributed by atoms with Crippen LogP contribution >= 0.6 is 0 Å². The lowest BCUT2D eigenvalue weighted by Gasteiger charge is -2.31. The summed E-state index contributed by atoms with van der Waals surface area (Å²) in [5.41, 5.74) is 0.954. The molecule has 1 aliphatic carbocycles. The molecule has 40 heavy (non-hydrogen) atoms. The third-order valence-corrected chi connectivity index (χ3v) is 8.15. The first-order valence-electron chi connectivity index (χ1n) is 15.2. The van der Waals surface area contributed by atoms with E-state index in [1.165, 1.54) is 0 Å². The Balaban J connectivity index is 1.48. The summed E-state index contributed by atoms with van der Waals surface area (Å²) in [7, 11) is 0. The van der Waals surface area contributed by atoms with E-state index in [0.29, 0.717) is 58.0 Å². The van der Waals surface area contributed by atoms with Gasteiger partial charge in [0.05, 0.1) is 12.2 Å². The molecule has 0 spiro atoms. The topological polar surface area (TPSA) is 85.2 Å². The molecule has 1 aromatic rings.